The Morgan fingerprint density at radius 3 is 3.05 bits per heavy atom. The number of carbonyl (C=O) groups excluding carboxylic acids is 1. The number of aromatic amines is 1. The number of amides is 1. The number of fused-ring (bicyclic) bond motifs is 1. The van der Waals surface area contributed by atoms with Crippen LogP contribution in [0.3, 0.4) is 0 Å². The van der Waals surface area contributed by atoms with E-state index in [0.717, 1.165) is 21.6 Å². The van der Waals surface area contributed by atoms with Crippen molar-refractivity contribution in [3.8, 4) is 0 Å². The Labute approximate surface area is 120 Å². The summed E-state index contributed by atoms with van der Waals surface area (Å²) >= 11 is 1.56. The lowest BCUT2D eigenvalue weighted by Gasteiger charge is -2.11. The fourth-order valence-corrected chi connectivity index (χ4v) is 2.79. The number of aromatic nitrogens is 3. The van der Waals surface area contributed by atoms with Crippen LogP contribution >= 0.6 is 11.3 Å². The molecule has 0 aliphatic rings. The summed E-state index contributed by atoms with van der Waals surface area (Å²) in [7, 11) is 0. The van der Waals surface area contributed by atoms with Crippen molar-refractivity contribution in [2.75, 3.05) is 0 Å². The number of H-pyrrole nitrogens is 1. The number of rotatable bonds is 3. The molecule has 20 heavy (non-hydrogen) atoms. The molecular formula is C14H14N4OS. The second kappa shape index (κ2) is 5.05. The van der Waals surface area contributed by atoms with E-state index in [0.29, 0.717) is 5.56 Å². The number of nitrogens with one attached hydrogen (secondary N) is 2. The van der Waals surface area contributed by atoms with E-state index in [1.165, 1.54) is 0 Å². The highest BCUT2D eigenvalue weighted by Crippen LogP contribution is 2.19. The molecule has 0 aliphatic carbocycles. The molecular weight excluding hydrogens is 272 g/mol. The van der Waals surface area contributed by atoms with E-state index >= 15 is 0 Å². The minimum Gasteiger partial charge on any atom is -0.343 e. The van der Waals surface area contributed by atoms with E-state index in [-0.39, 0.29) is 11.9 Å². The standard InChI is InChI=1S/C14H14N4OS/c1-8-7-20-14(16-8)9(2)17-13(19)10-3-4-11-6-15-18-12(11)5-10/h3-7,9H,1-2H3,(H,15,18)(H,17,19). The molecule has 0 saturated heterocycles. The van der Waals surface area contributed by atoms with Gasteiger partial charge in [0.25, 0.3) is 5.91 Å². The Kier molecular flexibility index (Phi) is 3.23. The molecule has 3 rings (SSSR count). The van der Waals surface area contributed by atoms with Gasteiger partial charge in [-0.05, 0) is 26.0 Å². The molecule has 2 N–H and O–H groups in total. The lowest BCUT2D eigenvalue weighted by molar-refractivity contribution is 0.0940. The maximum atomic E-state index is 12.2. The van der Waals surface area contributed by atoms with Gasteiger partial charge >= 0.3 is 0 Å². The number of hydrogen-bond donors (Lipinski definition) is 2. The van der Waals surface area contributed by atoms with E-state index in [4.69, 9.17) is 0 Å². The Bertz CT molecular complexity index is 761. The molecule has 1 unspecified atom stereocenters. The minimum absolute atomic E-state index is 0.0985. The molecule has 0 spiro atoms. The van der Waals surface area contributed by atoms with Crippen molar-refractivity contribution in [3.05, 3.63) is 46.0 Å². The van der Waals surface area contributed by atoms with Crippen LogP contribution in [0.5, 0.6) is 0 Å². The van der Waals surface area contributed by atoms with Gasteiger partial charge in [0.15, 0.2) is 0 Å². The Morgan fingerprint density at radius 2 is 2.30 bits per heavy atom. The van der Waals surface area contributed by atoms with Crippen LogP contribution in [0, 0.1) is 6.92 Å². The molecule has 1 amide bonds. The van der Waals surface area contributed by atoms with Crippen LogP contribution < -0.4 is 5.32 Å². The number of thiazole rings is 1. The van der Waals surface area contributed by atoms with Gasteiger partial charge in [0.1, 0.15) is 5.01 Å². The third kappa shape index (κ3) is 2.42. The maximum absolute atomic E-state index is 12.2. The number of nitrogens with zero attached hydrogens (tertiary/aromatic N) is 2. The first kappa shape index (κ1) is 12.8. The highest BCUT2D eigenvalue weighted by atomic mass is 32.1. The average Bonchev–Trinajstić information content (AvgIpc) is 3.05. The lowest BCUT2D eigenvalue weighted by atomic mass is 10.1. The van der Waals surface area contributed by atoms with Crippen molar-refractivity contribution >= 4 is 28.1 Å². The predicted octanol–water partition coefficient (Wildman–Crippen LogP) is 2.82. The first-order valence-corrected chi connectivity index (χ1v) is 7.17. The van der Waals surface area contributed by atoms with Crippen molar-refractivity contribution < 1.29 is 4.79 Å². The van der Waals surface area contributed by atoms with Gasteiger partial charge in [0, 0.05) is 22.0 Å². The highest BCUT2D eigenvalue weighted by Gasteiger charge is 2.14. The summed E-state index contributed by atoms with van der Waals surface area (Å²) in [6.07, 6.45) is 1.73. The fraction of sp³-hybridized carbons (Fsp3) is 0.214. The topological polar surface area (TPSA) is 70.7 Å². The van der Waals surface area contributed by atoms with Crippen LogP contribution in [0.2, 0.25) is 0 Å². The van der Waals surface area contributed by atoms with Crippen molar-refractivity contribution in [3.63, 3.8) is 0 Å². The summed E-state index contributed by atoms with van der Waals surface area (Å²) in [5.74, 6) is -0.109. The van der Waals surface area contributed by atoms with Crippen LogP contribution in [-0.2, 0) is 0 Å². The van der Waals surface area contributed by atoms with Gasteiger partial charge in [-0.1, -0.05) is 6.07 Å². The quantitative estimate of drug-likeness (QED) is 0.777. The van der Waals surface area contributed by atoms with Crippen LogP contribution in [0.25, 0.3) is 10.9 Å². The van der Waals surface area contributed by atoms with E-state index in [2.05, 4.69) is 20.5 Å². The molecule has 2 aromatic heterocycles. The van der Waals surface area contributed by atoms with Gasteiger partial charge < -0.3 is 5.32 Å². The number of carbonyl (C=O) groups is 1. The molecule has 1 aromatic carbocycles. The number of aryl methyl sites for hydroxylation is 1. The Balaban J connectivity index is 1.78. The molecule has 0 fully saturated rings. The third-order valence-corrected chi connectivity index (χ3v) is 4.20. The van der Waals surface area contributed by atoms with Gasteiger partial charge in [0.2, 0.25) is 0 Å². The van der Waals surface area contributed by atoms with E-state index in [9.17, 15) is 4.79 Å². The van der Waals surface area contributed by atoms with Gasteiger partial charge in [0.05, 0.1) is 17.8 Å². The van der Waals surface area contributed by atoms with E-state index in [1.54, 1.807) is 29.7 Å². The molecule has 0 aliphatic heterocycles. The van der Waals surface area contributed by atoms with Crippen LogP contribution in [0.15, 0.2) is 29.8 Å². The minimum atomic E-state index is -0.109. The van der Waals surface area contributed by atoms with Gasteiger partial charge in [-0.2, -0.15) is 5.10 Å². The monoisotopic (exact) mass is 286 g/mol. The van der Waals surface area contributed by atoms with Gasteiger partial charge in [-0.25, -0.2) is 4.98 Å². The van der Waals surface area contributed by atoms with Crippen LogP contribution in [-0.4, -0.2) is 21.1 Å². The van der Waals surface area contributed by atoms with Crippen molar-refractivity contribution in [1.82, 2.24) is 20.5 Å². The zero-order valence-corrected chi connectivity index (χ0v) is 12.0. The second-order valence-electron chi connectivity index (χ2n) is 4.69. The molecule has 2 heterocycles. The Morgan fingerprint density at radius 1 is 1.45 bits per heavy atom. The largest absolute Gasteiger partial charge is 0.343 e. The lowest BCUT2D eigenvalue weighted by Crippen LogP contribution is -2.26. The summed E-state index contributed by atoms with van der Waals surface area (Å²) in [5, 5.41) is 13.7. The first-order valence-electron chi connectivity index (χ1n) is 6.29. The molecule has 0 saturated carbocycles. The predicted molar refractivity (Wildman–Crippen MR) is 78.8 cm³/mol. The molecule has 0 bridgehead atoms. The summed E-state index contributed by atoms with van der Waals surface area (Å²) in [6.45, 7) is 3.88. The Hall–Kier alpha value is -2.21. The summed E-state index contributed by atoms with van der Waals surface area (Å²) in [4.78, 5) is 16.6. The van der Waals surface area contributed by atoms with Crippen molar-refractivity contribution in [2.45, 2.75) is 19.9 Å². The summed E-state index contributed by atoms with van der Waals surface area (Å²) < 4.78 is 0. The molecule has 5 nitrogen and oxygen atoms in total. The van der Waals surface area contributed by atoms with Crippen LogP contribution in [0.1, 0.15) is 34.0 Å². The zero-order chi connectivity index (χ0) is 14.1. The number of benzene rings is 1. The molecule has 102 valence electrons. The SMILES string of the molecule is Cc1csc(C(C)NC(=O)c2ccc3cn[nH]c3c2)n1. The summed E-state index contributed by atoms with van der Waals surface area (Å²) in [5.41, 5.74) is 2.45. The average molecular weight is 286 g/mol. The zero-order valence-electron chi connectivity index (χ0n) is 11.2. The molecule has 1 atom stereocenters. The van der Waals surface area contributed by atoms with E-state index in [1.807, 2.05) is 25.3 Å². The molecule has 0 radical (unpaired) electrons. The maximum Gasteiger partial charge on any atom is 0.251 e. The first-order chi connectivity index (χ1) is 9.63. The fourth-order valence-electron chi connectivity index (χ4n) is 1.99. The number of hydrogen-bond acceptors (Lipinski definition) is 4. The summed E-state index contributed by atoms with van der Waals surface area (Å²) in [6, 6.07) is 5.38. The third-order valence-electron chi connectivity index (χ3n) is 3.06. The van der Waals surface area contributed by atoms with Gasteiger partial charge in [-0.3, -0.25) is 9.89 Å². The normalized spacial score (nSPS) is 12.5. The second-order valence-corrected chi connectivity index (χ2v) is 5.58. The van der Waals surface area contributed by atoms with Crippen molar-refractivity contribution in [2.24, 2.45) is 0 Å². The molecule has 3 aromatic rings. The molecule has 6 heteroatoms. The smallest absolute Gasteiger partial charge is 0.251 e. The highest BCUT2D eigenvalue weighted by molar-refractivity contribution is 7.09. The van der Waals surface area contributed by atoms with Crippen molar-refractivity contribution in [1.29, 1.82) is 0 Å². The van der Waals surface area contributed by atoms with Crippen LogP contribution in [0.4, 0.5) is 0 Å². The van der Waals surface area contributed by atoms with Gasteiger partial charge in [-0.15, -0.1) is 11.3 Å². The van der Waals surface area contributed by atoms with E-state index < -0.39 is 0 Å².